The number of nitrogens with one attached hydrogen (secondary N) is 1. The number of rotatable bonds is 2. The quantitative estimate of drug-likeness (QED) is 0.823. The van der Waals surface area contributed by atoms with Gasteiger partial charge < -0.3 is 20.5 Å². The third-order valence-corrected chi connectivity index (χ3v) is 3.92. The first-order valence-corrected chi connectivity index (χ1v) is 6.69. The Morgan fingerprint density at radius 1 is 1.28 bits per heavy atom. The van der Waals surface area contributed by atoms with E-state index in [4.69, 9.17) is 15.2 Å². The van der Waals surface area contributed by atoms with Crippen LogP contribution in [0.2, 0.25) is 0 Å². The number of fused-ring (bicyclic) bond motifs is 1. The normalized spacial score (nSPS) is 26.9. The number of hydrogen-bond acceptors (Lipinski definition) is 4. The lowest BCUT2D eigenvalue weighted by Crippen LogP contribution is -2.38. The van der Waals surface area contributed by atoms with Gasteiger partial charge in [-0.2, -0.15) is 0 Å². The van der Waals surface area contributed by atoms with Gasteiger partial charge in [0.1, 0.15) is 13.2 Å². The van der Waals surface area contributed by atoms with Gasteiger partial charge in [-0.25, -0.2) is 0 Å². The van der Waals surface area contributed by atoms with E-state index < -0.39 is 0 Å². The average Bonchev–Trinajstić information content (AvgIpc) is 2.46. The van der Waals surface area contributed by atoms with Crippen molar-refractivity contribution in [3.8, 4) is 11.5 Å². The van der Waals surface area contributed by atoms with E-state index >= 15 is 0 Å². The van der Waals surface area contributed by atoms with E-state index in [9.17, 15) is 0 Å². The van der Waals surface area contributed by atoms with Crippen molar-refractivity contribution in [1.29, 1.82) is 0 Å². The summed E-state index contributed by atoms with van der Waals surface area (Å²) in [6.07, 6.45) is 1.13. The molecule has 18 heavy (non-hydrogen) atoms. The molecule has 1 fully saturated rings. The van der Waals surface area contributed by atoms with Gasteiger partial charge in [-0.05, 0) is 31.5 Å². The highest BCUT2D eigenvalue weighted by molar-refractivity contribution is 5.49. The van der Waals surface area contributed by atoms with Crippen molar-refractivity contribution in [2.75, 3.05) is 32.8 Å². The summed E-state index contributed by atoms with van der Waals surface area (Å²) in [7, 11) is 0. The lowest BCUT2D eigenvalue weighted by molar-refractivity contribution is 0.167. The zero-order valence-corrected chi connectivity index (χ0v) is 10.5. The molecule has 1 saturated heterocycles. The first-order valence-electron chi connectivity index (χ1n) is 6.69. The van der Waals surface area contributed by atoms with Gasteiger partial charge in [0.2, 0.25) is 0 Å². The summed E-state index contributed by atoms with van der Waals surface area (Å²) in [4.78, 5) is 0. The van der Waals surface area contributed by atoms with Crippen molar-refractivity contribution in [1.82, 2.24) is 5.32 Å². The summed E-state index contributed by atoms with van der Waals surface area (Å²) in [6, 6.07) is 6.17. The van der Waals surface area contributed by atoms with Crippen LogP contribution in [-0.4, -0.2) is 32.8 Å². The standard InChI is InChI=1S/C14H20N2O2/c15-8-10-4-5-16-9-12(10)11-2-1-3-13-14(11)18-7-6-17-13/h1-3,10,12,16H,4-9,15H2. The molecule has 2 aliphatic heterocycles. The zero-order valence-electron chi connectivity index (χ0n) is 10.5. The third kappa shape index (κ3) is 2.06. The molecule has 2 aliphatic rings. The van der Waals surface area contributed by atoms with Gasteiger partial charge in [-0.15, -0.1) is 0 Å². The van der Waals surface area contributed by atoms with E-state index in [1.807, 2.05) is 12.1 Å². The number of hydrogen-bond donors (Lipinski definition) is 2. The minimum atomic E-state index is 0.431. The van der Waals surface area contributed by atoms with Crippen LogP contribution in [0, 0.1) is 5.92 Å². The van der Waals surface area contributed by atoms with E-state index in [1.54, 1.807) is 0 Å². The molecule has 98 valence electrons. The second-order valence-corrected chi connectivity index (χ2v) is 4.97. The van der Waals surface area contributed by atoms with Crippen LogP contribution in [0.4, 0.5) is 0 Å². The highest BCUT2D eigenvalue weighted by Gasteiger charge is 2.29. The molecule has 0 bridgehead atoms. The SMILES string of the molecule is NCC1CCNCC1c1cccc2c1OCCO2. The summed E-state index contributed by atoms with van der Waals surface area (Å²) in [5, 5.41) is 3.45. The van der Waals surface area contributed by atoms with Gasteiger partial charge in [-0.1, -0.05) is 12.1 Å². The Labute approximate surface area is 107 Å². The molecular formula is C14H20N2O2. The number of benzene rings is 1. The molecular weight excluding hydrogens is 228 g/mol. The highest BCUT2D eigenvalue weighted by Crippen LogP contribution is 2.41. The minimum absolute atomic E-state index is 0.431. The first-order chi connectivity index (χ1) is 8.90. The molecule has 1 aromatic rings. The molecule has 2 heterocycles. The van der Waals surface area contributed by atoms with Gasteiger partial charge >= 0.3 is 0 Å². The summed E-state index contributed by atoms with van der Waals surface area (Å²) in [5.41, 5.74) is 7.15. The Morgan fingerprint density at radius 2 is 2.17 bits per heavy atom. The lowest BCUT2D eigenvalue weighted by atomic mass is 9.81. The summed E-state index contributed by atoms with van der Waals surface area (Å²) in [5.74, 6) is 2.76. The fourth-order valence-electron chi connectivity index (χ4n) is 2.95. The van der Waals surface area contributed by atoms with Crippen LogP contribution in [0.3, 0.4) is 0 Å². The van der Waals surface area contributed by atoms with Crippen LogP contribution < -0.4 is 20.5 Å². The Hall–Kier alpha value is -1.26. The van der Waals surface area contributed by atoms with Gasteiger partial charge in [-0.3, -0.25) is 0 Å². The largest absolute Gasteiger partial charge is 0.486 e. The predicted molar refractivity (Wildman–Crippen MR) is 70.2 cm³/mol. The fraction of sp³-hybridized carbons (Fsp3) is 0.571. The maximum absolute atomic E-state index is 5.91. The minimum Gasteiger partial charge on any atom is -0.486 e. The van der Waals surface area contributed by atoms with E-state index in [0.29, 0.717) is 25.0 Å². The van der Waals surface area contributed by atoms with E-state index in [1.165, 1.54) is 5.56 Å². The molecule has 3 N–H and O–H groups in total. The van der Waals surface area contributed by atoms with E-state index in [2.05, 4.69) is 11.4 Å². The van der Waals surface area contributed by atoms with Crippen molar-refractivity contribution in [2.45, 2.75) is 12.3 Å². The first kappa shape index (κ1) is 11.8. The molecule has 0 aromatic heterocycles. The molecule has 0 aliphatic carbocycles. The Kier molecular flexibility index (Phi) is 3.39. The van der Waals surface area contributed by atoms with Crippen LogP contribution >= 0.6 is 0 Å². The van der Waals surface area contributed by atoms with Crippen molar-refractivity contribution in [3.63, 3.8) is 0 Å². The molecule has 3 rings (SSSR count). The van der Waals surface area contributed by atoms with Crippen LogP contribution in [0.5, 0.6) is 11.5 Å². The molecule has 0 saturated carbocycles. The van der Waals surface area contributed by atoms with Gasteiger partial charge in [0.05, 0.1) is 0 Å². The number of ether oxygens (including phenoxy) is 2. The molecule has 4 nitrogen and oxygen atoms in total. The lowest BCUT2D eigenvalue weighted by Gasteiger charge is -2.33. The predicted octanol–water partition coefficient (Wildman–Crippen LogP) is 1.11. The zero-order chi connectivity index (χ0) is 12.4. The monoisotopic (exact) mass is 248 g/mol. The second-order valence-electron chi connectivity index (χ2n) is 4.97. The average molecular weight is 248 g/mol. The Bertz CT molecular complexity index is 422. The van der Waals surface area contributed by atoms with Crippen LogP contribution in [0.1, 0.15) is 17.9 Å². The maximum Gasteiger partial charge on any atom is 0.164 e. The number of para-hydroxylation sites is 1. The maximum atomic E-state index is 5.91. The molecule has 0 radical (unpaired) electrons. The van der Waals surface area contributed by atoms with E-state index in [0.717, 1.165) is 37.6 Å². The molecule has 2 atom stereocenters. The highest BCUT2D eigenvalue weighted by atomic mass is 16.6. The van der Waals surface area contributed by atoms with Gasteiger partial charge in [0.25, 0.3) is 0 Å². The second kappa shape index (κ2) is 5.16. The number of piperidine rings is 1. The molecule has 2 unspecified atom stereocenters. The summed E-state index contributed by atoms with van der Waals surface area (Å²) >= 11 is 0. The fourth-order valence-corrected chi connectivity index (χ4v) is 2.95. The number of nitrogens with two attached hydrogens (primary N) is 1. The van der Waals surface area contributed by atoms with E-state index in [-0.39, 0.29) is 0 Å². The van der Waals surface area contributed by atoms with Gasteiger partial charge in [0, 0.05) is 18.0 Å². The summed E-state index contributed by atoms with van der Waals surface area (Å²) in [6.45, 7) is 4.04. The Morgan fingerprint density at radius 3 is 3.06 bits per heavy atom. The molecule has 4 heteroatoms. The van der Waals surface area contributed by atoms with Crippen LogP contribution in [-0.2, 0) is 0 Å². The summed E-state index contributed by atoms with van der Waals surface area (Å²) < 4.78 is 11.5. The van der Waals surface area contributed by atoms with Crippen molar-refractivity contribution in [3.05, 3.63) is 23.8 Å². The van der Waals surface area contributed by atoms with Crippen molar-refractivity contribution < 1.29 is 9.47 Å². The molecule has 0 amide bonds. The topological polar surface area (TPSA) is 56.5 Å². The van der Waals surface area contributed by atoms with Crippen molar-refractivity contribution >= 4 is 0 Å². The smallest absolute Gasteiger partial charge is 0.164 e. The van der Waals surface area contributed by atoms with Crippen LogP contribution in [0.25, 0.3) is 0 Å². The third-order valence-electron chi connectivity index (χ3n) is 3.92. The van der Waals surface area contributed by atoms with Gasteiger partial charge in [0.15, 0.2) is 11.5 Å². The van der Waals surface area contributed by atoms with Crippen LogP contribution in [0.15, 0.2) is 18.2 Å². The molecule has 0 spiro atoms. The molecule has 1 aromatic carbocycles. The Balaban J connectivity index is 1.95. The van der Waals surface area contributed by atoms with Crippen molar-refractivity contribution in [2.24, 2.45) is 11.7 Å².